The van der Waals surface area contributed by atoms with E-state index in [2.05, 4.69) is 64.6 Å². The number of hydrogen-bond donors (Lipinski definition) is 0. The summed E-state index contributed by atoms with van der Waals surface area (Å²) in [6, 6.07) is 6.20. The molecule has 0 atom stereocenters. The van der Waals surface area contributed by atoms with Crippen molar-refractivity contribution >= 4 is 27.0 Å². The van der Waals surface area contributed by atoms with Crippen LogP contribution < -0.4 is 4.57 Å². The molecule has 0 aliphatic heterocycles. The molecule has 0 N–H and O–H groups in total. The monoisotopic (exact) mass is 331 g/mol. The molecule has 0 aliphatic carbocycles. The zero-order chi connectivity index (χ0) is 14.3. The lowest BCUT2D eigenvalue weighted by molar-refractivity contribution is -0.693. The molecule has 0 amide bonds. The first-order chi connectivity index (χ1) is 9.56. The van der Waals surface area contributed by atoms with E-state index in [4.69, 9.17) is 4.42 Å². The number of aromatic nitrogens is 2. The summed E-state index contributed by atoms with van der Waals surface area (Å²) in [5.74, 6) is 0.664. The maximum atomic E-state index is 5.95. The Morgan fingerprint density at radius 3 is 2.75 bits per heavy atom. The van der Waals surface area contributed by atoms with Crippen molar-refractivity contribution in [3.63, 3.8) is 0 Å². The van der Waals surface area contributed by atoms with E-state index in [0.717, 1.165) is 33.2 Å². The lowest BCUT2D eigenvalue weighted by atomic mass is 10.1. The molecule has 1 aromatic carbocycles. The van der Waals surface area contributed by atoms with Crippen molar-refractivity contribution in [2.75, 3.05) is 0 Å². The normalized spacial score (nSPS) is 11.2. The third kappa shape index (κ3) is 2.36. The number of oxazole rings is 1. The summed E-state index contributed by atoms with van der Waals surface area (Å²) < 4.78 is 9.07. The minimum Gasteiger partial charge on any atom is -0.436 e. The lowest BCUT2D eigenvalue weighted by Crippen LogP contribution is -2.31. The molecule has 0 spiro atoms. The molecule has 2 aromatic heterocycles. The van der Waals surface area contributed by atoms with Crippen molar-refractivity contribution in [1.82, 2.24) is 4.98 Å². The van der Waals surface area contributed by atoms with Gasteiger partial charge in [-0.3, -0.25) is 0 Å². The van der Waals surface area contributed by atoms with Gasteiger partial charge in [0.15, 0.2) is 18.0 Å². The van der Waals surface area contributed by atoms with Gasteiger partial charge < -0.3 is 4.42 Å². The number of benzene rings is 1. The molecule has 0 radical (unpaired) electrons. The summed E-state index contributed by atoms with van der Waals surface area (Å²) >= 11 is 3.53. The van der Waals surface area contributed by atoms with E-state index in [1.54, 1.807) is 0 Å². The van der Waals surface area contributed by atoms with E-state index in [0.29, 0.717) is 5.89 Å². The first kappa shape index (κ1) is 13.3. The fourth-order valence-corrected chi connectivity index (χ4v) is 2.91. The maximum absolute atomic E-state index is 5.95. The van der Waals surface area contributed by atoms with Gasteiger partial charge in [0.2, 0.25) is 5.89 Å². The van der Waals surface area contributed by atoms with Crippen LogP contribution in [0, 0.1) is 13.8 Å². The maximum Gasteiger partial charge on any atom is 0.233 e. The molecule has 0 saturated heterocycles. The third-order valence-electron chi connectivity index (χ3n) is 3.32. The van der Waals surface area contributed by atoms with E-state index in [1.807, 2.05) is 12.3 Å². The quantitative estimate of drug-likeness (QED) is 0.659. The van der Waals surface area contributed by atoms with Crippen LogP contribution in [-0.2, 0) is 6.54 Å². The summed E-state index contributed by atoms with van der Waals surface area (Å²) in [6.07, 6.45) is 4.10. The van der Waals surface area contributed by atoms with Crippen molar-refractivity contribution in [2.45, 2.75) is 27.3 Å². The Balaban J connectivity index is 2.19. The predicted molar refractivity (Wildman–Crippen MR) is 82.5 cm³/mol. The molecule has 0 bridgehead atoms. The smallest absolute Gasteiger partial charge is 0.233 e. The molecule has 20 heavy (non-hydrogen) atoms. The average Bonchev–Trinajstić information content (AvgIpc) is 2.82. The molecule has 0 fully saturated rings. The number of hydrogen-bond acceptors (Lipinski definition) is 2. The summed E-state index contributed by atoms with van der Waals surface area (Å²) in [5.41, 5.74) is 5.09. The fraction of sp³-hybridized carbons (Fsp3) is 0.250. The molecule has 3 nitrogen and oxygen atoms in total. The summed E-state index contributed by atoms with van der Waals surface area (Å²) in [5, 5.41) is 0. The number of rotatable bonds is 2. The second-order valence-corrected chi connectivity index (χ2v) is 5.94. The number of nitrogens with zero attached hydrogens (tertiary/aromatic N) is 2. The van der Waals surface area contributed by atoms with E-state index in [-0.39, 0.29) is 0 Å². The highest BCUT2D eigenvalue weighted by molar-refractivity contribution is 9.10. The van der Waals surface area contributed by atoms with Gasteiger partial charge in [0.25, 0.3) is 0 Å². The van der Waals surface area contributed by atoms with Crippen molar-refractivity contribution in [1.29, 1.82) is 0 Å². The first-order valence-electron chi connectivity index (χ1n) is 6.64. The van der Waals surface area contributed by atoms with E-state index >= 15 is 0 Å². The Labute approximate surface area is 126 Å². The predicted octanol–water partition coefficient (Wildman–Crippen LogP) is 4.18. The largest absolute Gasteiger partial charge is 0.436 e. The molecule has 0 unspecified atom stereocenters. The highest BCUT2D eigenvalue weighted by Crippen LogP contribution is 2.27. The molecule has 2 heterocycles. The van der Waals surface area contributed by atoms with Crippen molar-refractivity contribution in [2.24, 2.45) is 0 Å². The summed E-state index contributed by atoms with van der Waals surface area (Å²) in [6.45, 7) is 7.14. The van der Waals surface area contributed by atoms with Gasteiger partial charge in [-0.1, -0.05) is 6.07 Å². The van der Waals surface area contributed by atoms with Gasteiger partial charge >= 0.3 is 0 Å². The molecule has 102 valence electrons. The second kappa shape index (κ2) is 5.02. The van der Waals surface area contributed by atoms with Crippen LogP contribution in [0.15, 0.2) is 39.5 Å². The minimum absolute atomic E-state index is 0.664. The van der Waals surface area contributed by atoms with Crippen LogP contribution in [0.1, 0.15) is 18.1 Å². The lowest BCUT2D eigenvalue weighted by Gasteiger charge is -1.97. The first-order valence-corrected chi connectivity index (χ1v) is 7.44. The molecule has 3 aromatic rings. The van der Waals surface area contributed by atoms with Gasteiger partial charge in [-0.05, 0) is 60.0 Å². The van der Waals surface area contributed by atoms with Crippen LogP contribution in [0.2, 0.25) is 0 Å². The molecule has 3 rings (SSSR count). The van der Waals surface area contributed by atoms with Gasteiger partial charge in [-0.15, -0.1) is 0 Å². The zero-order valence-corrected chi connectivity index (χ0v) is 13.4. The van der Waals surface area contributed by atoms with E-state index in [1.165, 1.54) is 5.56 Å². The Bertz CT molecular complexity index is 793. The molecule has 0 aliphatic rings. The van der Waals surface area contributed by atoms with Crippen molar-refractivity contribution < 1.29 is 8.98 Å². The van der Waals surface area contributed by atoms with Gasteiger partial charge in [-0.25, -0.2) is 9.55 Å². The third-order valence-corrected chi connectivity index (χ3v) is 3.75. The van der Waals surface area contributed by atoms with Crippen LogP contribution in [0.25, 0.3) is 22.6 Å². The average molecular weight is 332 g/mol. The van der Waals surface area contributed by atoms with E-state index < -0.39 is 0 Å². The van der Waals surface area contributed by atoms with Crippen molar-refractivity contribution in [3.8, 4) is 11.5 Å². The second-order valence-electron chi connectivity index (χ2n) is 5.02. The Morgan fingerprint density at radius 1 is 1.20 bits per heavy atom. The fourth-order valence-electron chi connectivity index (χ4n) is 2.40. The molecule has 4 heteroatoms. The number of fused-ring (bicyclic) bond motifs is 1. The molecular weight excluding hydrogens is 316 g/mol. The Morgan fingerprint density at radius 2 is 2.00 bits per heavy atom. The van der Waals surface area contributed by atoms with E-state index in [9.17, 15) is 0 Å². The summed E-state index contributed by atoms with van der Waals surface area (Å²) in [4.78, 5) is 4.62. The zero-order valence-electron chi connectivity index (χ0n) is 11.8. The van der Waals surface area contributed by atoms with Crippen LogP contribution in [0.5, 0.6) is 0 Å². The molecule has 0 saturated carbocycles. The SMILES string of the molecule is CC[n+]1cc(Br)cc(-c2nc3cc(C)cc(C)c3o2)c1. The molecular formula is C16H16BrN2O+. The van der Waals surface area contributed by atoms with Gasteiger partial charge in [0, 0.05) is 0 Å². The Kier molecular flexibility index (Phi) is 3.34. The van der Waals surface area contributed by atoms with Gasteiger partial charge in [0.1, 0.15) is 17.6 Å². The van der Waals surface area contributed by atoms with Gasteiger partial charge in [0.05, 0.1) is 4.47 Å². The highest BCUT2D eigenvalue weighted by atomic mass is 79.9. The van der Waals surface area contributed by atoms with Crippen LogP contribution in [0.4, 0.5) is 0 Å². The van der Waals surface area contributed by atoms with Crippen LogP contribution in [0.3, 0.4) is 0 Å². The van der Waals surface area contributed by atoms with Crippen LogP contribution >= 0.6 is 15.9 Å². The topological polar surface area (TPSA) is 29.9 Å². The number of halogens is 1. The number of pyridine rings is 1. The van der Waals surface area contributed by atoms with Crippen molar-refractivity contribution in [3.05, 3.63) is 46.2 Å². The minimum atomic E-state index is 0.664. The summed E-state index contributed by atoms with van der Waals surface area (Å²) in [7, 11) is 0. The van der Waals surface area contributed by atoms with Crippen LogP contribution in [-0.4, -0.2) is 4.98 Å². The van der Waals surface area contributed by atoms with Gasteiger partial charge in [-0.2, -0.15) is 0 Å². The Hall–Kier alpha value is -1.68. The standard InChI is InChI=1S/C16H16BrN2O/c1-4-19-8-12(7-13(17)9-19)16-18-14-6-10(2)5-11(3)15(14)20-16/h5-9H,4H2,1-3H3/q+1. The highest BCUT2D eigenvalue weighted by Gasteiger charge is 2.14. The number of aryl methyl sites for hydroxylation is 3.